The molecular weight excluding hydrogens is 448 g/mol. The highest BCUT2D eigenvalue weighted by molar-refractivity contribution is 6.30. The van der Waals surface area contributed by atoms with E-state index in [4.69, 9.17) is 21.3 Å². The van der Waals surface area contributed by atoms with Crippen LogP contribution in [0, 0.1) is 13.8 Å². The number of carbonyl (C=O) groups is 1. The molecule has 1 amide bonds. The van der Waals surface area contributed by atoms with Crippen molar-refractivity contribution in [1.29, 1.82) is 0 Å². The Morgan fingerprint density at radius 3 is 2.44 bits per heavy atom. The molecule has 1 unspecified atom stereocenters. The minimum Gasteiger partial charge on any atom is -0.497 e. The summed E-state index contributed by atoms with van der Waals surface area (Å²) in [7, 11) is 1.67. The van der Waals surface area contributed by atoms with Crippen molar-refractivity contribution < 1.29 is 9.53 Å². The van der Waals surface area contributed by atoms with Crippen molar-refractivity contribution in [3.05, 3.63) is 82.8 Å². The Kier molecular flexibility index (Phi) is 7.68. The van der Waals surface area contributed by atoms with Crippen LogP contribution in [0.2, 0.25) is 0 Å². The molecule has 1 saturated heterocycles. The smallest absolute Gasteiger partial charge is 0.245 e. The molecule has 4 rings (SSSR count). The highest BCUT2D eigenvalue weighted by Gasteiger charge is 2.27. The fourth-order valence-corrected chi connectivity index (χ4v) is 4.69. The lowest BCUT2D eigenvalue weighted by Gasteiger charge is -2.26. The molecule has 178 valence electrons. The summed E-state index contributed by atoms with van der Waals surface area (Å²) < 4.78 is 5.29. The van der Waals surface area contributed by atoms with Crippen molar-refractivity contribution in [3.63, 3.8) is 0 Å². The molecule has 0 radical (unpaired) electrons. The number of alkyl halides is 1. The number of rotatable bonds is 6. The van der Waals surface area contributed by atoms with Crippen molar-refractivity contribution in [3.8, 4) is 5.75 Å². The summed E-state index contributed by atoms with van der Waals surface area (Å²) in [4.78, 5) is 26.8. The number of nitrogens with zero attached hydrogens (tertiary/aromatic N) is 4. The van der Waals surface area contributed by atoms with Gasteiger partial charge in [-0.05, 0) is 43.5 Å². The summed E-state index contributed by atoms with van der Waals surface area (Å²) in [5, 5.41) is -0.665. The van der Waals surface area contributed by atoms with Crippen LogP contribution < -0.4 is 9.64 Å². The molecule has 1 aliphatic heterocycles. The number of aryl methyl sites for hydroxylation is 2. The lowest BCUT2D eigenvalue weighted by Crippen LogP contribution is -2.37. The predicted molar refractivity (Wildman–Crippen MR) is 136 cm³/mol. The van der Waals surface area contributed by atoms with Crippen LogP contribution in [0.3, 0.4) is 0 Å². The number of aromatic nitrogens is 2. The van der Waals surface area contributed by atoms with Crippen LogP contribution in [0.4, 0.5) is 5.82 Å². The Bertz CT molecular complexity index is 1120. The SMILES string of the molecule is COc1ccc(Cc2c(C)nc(C)nc2N2CCCN(C(=O)C(Cl)c3ccccc3)CC2)cc1. The molecule has 7 heteroatoms. The van der Waals surface area contributed by atoms with Gasteiger partial charge in [-0.2, -0.15) is 0 Å². The number of methoxy groups -OCH3 is 1. The first-order valence-electron chi connectivity index (χ1n) is 11.7. The van der Waals surface area contributed by atoms with Gasteiger partial charge in [0.1, 0.15) is 22.8 Å². The van der Waals surface area contributed by atoms with E-state index in [1.165, 1.54) is 5.56 Å². The van der Waals surface area contributed by atoms with Crippen LogP contribution in [0.15, 0.2) is 54.6 Å². The third-order valence-electron chi connectivity index (χ3n) is 6.26. The van der Waals surface area contributed by atoms with Gasteiger partial charge >= 0.3 is 0 Å². The van der Waals surface area contributed by atoms with Crippen LogP contribution in [-0.2, 0) is 11.2 Å². The third kappa shape index (κ3) is 5.50. The van der Waals surface area contributed by atoms with Gasteiger partial charge < -0.3 is 14.5 Å². The average molecular weight is 479 g/mol. The second-order valence-corrected chi connectivity index (χ2v) is 9.06. The fourth-order valence-electron chi connectivity index (χ4n) is 4.41. The lowest BCUT2D eigenvalue weighted by atomic mass is 10.0. The largest absolute Gasteiger partial charge is 0.497 e. The number of amides is 1. The van der Waals surface area contributed by atoms with E-state index in [-0.39, 0.29) is 5.91 Å². The van der Waals surface area contributed by atoms with E-state index in [0.29, 0.717) is 19.6 Å². The van der Waals surface area contributed by atoms with E-state index >= 15 is 0 Å². The van der Waals surface area contributed by atoms with Crippen LogP contribution >= 0.6 is 11.6 Å². The molecule has 0 aliphatic carbocycles. The van der Waals surface area contributed by atoms with Gasteiger partial charge in [0.05, 0.1) is 7.11 Å². The molecule has 0 N–H and O–H groups in total. The Morgan fingerprint density at radius 2 is 1.74 bits per heavy atom. The maximum Gasteiger partial charge on any atom is 0.245 e. The van der Waals surface area contributed by atoms with Crippen molar-refractivity contribution in [2.24, 2.45) is 0 Å². The monoisotopic (exact) mass is 478 g/mol. The number of hydrogen-bond acceptors (Lipinski definition) is 5. The van der Waals surface area contributed by atoms with Gasteiger partial charge in [0.25, 0.3) is 0 Å². The van der Waals surface area contributed by atoms with Crippen LogP contribution in [-0.4, -0.2) is 54.1 Å². The van der Waals surface area contributed by atoms with Crippen molar-refractivity contribution >= 4 is 23.3 Å². The molecule has 2 aromatic carbocycles. The Hall–Kier alpha value is -3.12. The molecule has 34 heavy (non-hydrogen) atoms. The second-order valence-electron chi connectivity index (χ2n) is 8.62. The quantitative estimate of drug-likeness (QED) is 0.480. The third-order valence-corrected chi connectivity index (χ3v) is 6.70. The molecule has 1 fully saturated rings. The summed E-state index contributed by atoms with van der Waals surface area (Å²) in [6.45, 7) is 6.80. The lowest BCUT2D eigenvalue weighted by molar-refractivity contribution is -0.130. The van der Waals surface area contributed by atoms with E-state index in [0.717, 1.165) is 53.6 Å². The Balaban J connectivity index is 1.52. The number of ether oxygens (including phenoxy) is 1. The average Bonchev–Trinajstić information content (AvgIpc) is 3.12. The van der Waals surface area contributed by atoms with Gasteiger partial charge in [0, 0.05) is 43.9 Å². The first kappa shape index (κ1) is 24.0. The molecule has 1 aromatic heterocycles. The predicted octanol–water partition coefficient (Wildman–Crippen LogP) is 4.71. The highest BCUT2D eigenvalue weighted by Crippen LogP contribution is 2.27. The maximum atomic E-state index is 13.1. The molecular formula is C27H31ClN4O2. The second kappa shape index (κ2) is 10.9. The topological polar surface area (TPSA) is 58.6 Å². The highest BCUT2D eigenvalue weighted by atomic mass is 35.5. The number of benzene rings is 2. The summed E-state index contributed by atoms with van der Waals surface area (Å²) in [5.41, 5.74) is 4.12. The number of halogens is 1. The van der Waals surface area contributed by atoms with Gasteiger partial charge in [-0.15, -0.1) is 11.6 Å². The van der Waals surface area contributed by atoms with Gasteiger partial charge in [-0.1, -0.05) is 42.5 Å². The number of carbonyl (C=O) groups excluding carboxylic acids is 1. The fraction of sp³-hybridized carbons (Fsp3) is 0.370. The van der Waals surface area contributed by atoms with Gasteiger partial charge in [0.2, 0.25) is 5.91 Å². The van der Waals surface area contributed by atoms with Crippen molar-refractivity contribution in [2.75, 3.05) is 38.2 Å². The molecule has 0 spiro atoms. The Morgan fingerprint density at radius 1 is 1.00 bits per heavy atom. The summed E-state index contributed by atoms with van der Waals surface area (Å²) in [6.07, 6.45) is 1.59. The van der Waals surface area contributed by atoms with E-state index in [2.05, 4.69) is 22.0 Å². The normalized spacial score (nSPS) is 15.1. The van der Waals surface area contributed by atoms with Gasteiger partial charge in [0.15, 0.2) is 0 Å². The molecule has 0 saturated carbocycles. The van der Waals surface area contributed by atoms with Crippen LogP contribution in [0.5, 0.6) is 5.75 Å². The van der Waals surface area contributed by atoms with Gasteiger partial charge in [-0.25, -0.2) is 9.97 Å². The zero-order valence-electron chi connectivity index (χ0n) is 20.0. The standard InChI is InChI=1S/C27H31ClN4O2/c1-19-24(18-21-10-12-23(34-3)13-11-21)26(30-20(2)29-19)31-14-7-15-32(17-16-31)27(33)25(28)22-8-5-4-6-9-22/h4-6,8-13,25H,7,14-18H2,1-3H3. The molecule has 6 nitrogen and oxygen atoms in total. The maximum absolute atomic E-state index is 13.1. The number of hydrogen-bond donors (Lipinski definition) is 0. The Labute approximate surface area is 206 Å². The van der Waals surface area contributed by atoms with Crippen LogP contribution in [0.1, 0.15) is 40.0 Å². The van der Waals surface area contributed by atoms with E-state index < -0.39 is 5.38 Å². The summed E-state index contributed by atoms with van der Waals surface area (Å²) in [5.74, 6) is 2.52. The zero-order valence-corrected chi connectivity index (χ0v) is 20.8. The molecule has 3 aromatic rings. The van der Waals surface area contributed by atoms with Crippen molar-refractivity contribution in [2.45, 2.75) is 32.1 Å². The summed E-state index contributed by atoms with van der Waals surface area (Å²) >= 11 is 6.54. The molecule has 1 atom stereocenters. The van der Waals surface area contributed by atoms with Crippen molar-refractivity contribution in [1.82, 2.24) is 14.9 Å². The molecule has 1 aliphatic rings. The molecule has 0 bridgehead atoms. The van der Waals surface area contributed by atoms with E-state index in [1.807, 2.05) is 61.2 Å². The number of anilines is 1. The van der Waals surface area contributed by atoms with E-state index in [9.17, 15) is 4.79 Å². The first-order valence-corrected chi connectivity index (χ1v) is 12.1. The minimum absolute atomic E-state index is 0.0387. The molecule has 2 heterocycles. The minimum atomic E-state index is -0.665. The van der Waals surface area contributed by atoms with Gasteiger partial charge in [-0.3, -0.25) is 4.79 Å². The van der Waals surface area contributed by atoms with Crippen LogP contribution in [0.25, 0.3) is 0 Å². The zero-order chi connectivity index (χ0) is 24.1. The summed E-state index contributed by atoms with van der Waals surface area (Å²) in [6, 6.07) is 17.7. The first-order chi connectivity index (χ1) is 16.5. The van der Waals surface area contributed by atoms with E-state index in [1.54, 1.807) is 7.11 Å².